The van der Waals surface area contributed by atoms with Crippen molar-refractivity contribution in [3.05, 3.63) is 24.3 Å². The van der Waals surface area contributed by atoms with Crippen molar-refractivity contribution in [1.82, 2.24) is 0 Å². The van der Waals surface area contributed by atoms with Gasteiger partial charge in [-0.2, -0.15) is 0 Å². The van der Waals surface area contributed by atoms with Gasteiger partial charge in [-0.3, -0.25) is 14.4 Å². The summed E-state index contributed by atoms with van der Waals surface area (Å²) in [5.41, 5.74) is 0. The van der Waals surface area contributed by atoms with Gasteiger partial charge in [0.05, 0.1) is 0 Å². The van der Waals surface area contributed by atoms with E-state index in [9.17, 15) is 14.4 Å². The van der Waals surface area contributed by atoms with Gasteiger partial charge < -0.3 is 14.2 Å². The molecule has 0 saturated carbocycles. The molecular formula is C61H114O6. The molecule has 0 spiro atoms. The van der Waals surface area contributed by atoms with E-state index in [4.69, 9.17) is 14.2 Å². The molecule has 0 aromatic heterocycles. The van der Waals surface area contributed by atoms with Gasteiger partial charge in [0.2, 0.25) is 0 Å². The van der Waals surface area contributed by atoms with E-state index in [0.29, 0.717) is 19.3 Å². The summed E-state index contributed by atoms with van der Waals surface area (Å²) in [6.07, 6.45) is 66.0. The zero-order valence-corrected chi connectivity index (χ0v) is 45.2. The molecular weight excluding hydrogens is 829 g/mol. The van der Waals surface area contributed by atoms with Crippen molar-refractivity contribution < 1.29 is 28.6 Å². The van der Waals surface area contributed by atoms with Gasteiger partial charge in [-0.25, -0.2) is 0 Å². The van der Waals surface area contributed by atoms with E-state index < -0.39 is 6.10 Å². The van der Waals surface area contributed by atoms with Crippen molar-refractivity contribution in [3.8, 4) is 0 Å². The normalized spacial score (nSPS) is 12.1. The van der Waals surface area contributed by atoms with Gasteiger partial charge in [0.15, 0.2) is 6.10 Å². The summed E-state index contributed by atoms with van der Waals surface area (Å²) >= 11 is 0. The number of ether oxygens (including phenoxy) is 3. The Morgan fingerprint density at radius 2 is 0.493 bits per heavy atom. The fourth-order valence-electron chi connectivity index (χ4n) is 8.91. The summed E-state index contributed by atoms with van der Waals surface area (Å²) in [6, 6.07) is 0. The first-order valence-corrected chi connectivity index (χ1v) is 29.8. The average Bonchev–Trinajstić information content (AvgIpc) is 3.33. The maximum absolute atomic E-state index is 12.8. The molecule has 1 atom stereocenters. The molecule has 6 heteroatoms. The Balaban J connectivity index is 4.29. The first-order valence-electron chi connectivity index (χ1n) is 29.8. The first kappa shape index (κ1) is 64.9. The highest BCUT2D eigenvalue weighted by atomic mass is 16.6. The lowest BCUT2D eigenvalue weighted by atomic mass is 10.0. The number of allylic oxidation sites excluding steroid dienone is 4. The molecule has 0 saturated heterocycles. The third-order valence-electron chi connectivity index (χ3n) is 13.4. The highest BCUT2D eigenvalue weighted by Crippen LogP contribution is 2.17. The Labute approximate surface area is 417 Å². The van der Waals surface area contributed by atoms with E-state index in [1.54, 1.807) is 0 Å². The van der Waals surface area contributed by atoms with Crippen molar-refractivity contribution in [1.29, 1.82) is 0 Å². The van der Waals surface area contributed by atoms with Gasteiger partial charge >= 0.3 is 17.9 Å². The lowest BCUT2D eigenvalue weighted by Crippen LogP contribution is -2.30. The fraction of sp³-hybridized carbons (Fsp3) is 0.885. The van der Waals surface area contributed by atoms with Crippen LogP contribution in [0, 0.1) is 0 Å². The Morgan fingerprint density at radius 3 is 0.746 bits per heavy atom. The van der Waals surface area contributed by atoms with Gasteiger partial charge in [0.1, 0.15) is 13.2 Å². The Bertz CT molecular complexity index is 1080. The second-order valence-electron chi connectivity index (χ2n) is 20.3. The highest BCUT2D eigenvalue weighted by Gasteiger charge is 2.19. The molecule has 0 aromatic carbocycles. The lowest BCUT2D eigenvalue weighted by Gasteiger charge is -2.18. The molecule has 1 unspecified atom stereocenters. The largest absolute Gasteiger partial charge is 0.462 e. The quantitative estimate of drug-likeness (QED) is 0.0262. The second-order valence-corrected chi connectivity index (χ2v) is 20.3. The van der Waals surface area contributed by atoms with Crippen molar-refractivity contribution >= 4 is 17.9 Å². The van der Waals surface area contributed by atoms with Crippen molar-refractivity contribution in [2.24, 2.45) is 0 Å². The highest BCUT2D eigenvalue weighted by molar-refractivity contribution is 5.71. The molecule has 394 valence electrons. The van der Waals surface area contributed by atoms with E-state index >= 15 is 0 Å². The van der Waals surface area contributed by atoms with E-state index in [2.05, 4.69) is 45.1 Å². The monoisotopic (exact) mass is 943 g/mol. The minimum Gasteiger partial charge on any atom is -0.462 e. The predicted molar refractivity (Wildman–Crippen MR) is 289 cm³/mol. The van der Waals surface area contributed by atoms with Crippen LogP contribution in [0.25, 0.3) is 0 Å². The summed E-state index contributed by atoms with van der Waals surface area (Å²) in [4.78, 5) is 38.1. The van der Waals surface area contributed by atoms with E-state index in [1.165, 1.54) is 225 Å². The van der Waals surface area contributed by atoms with Crippen LogP contribution in [0.5, 0.6) is 0 Å². The van der Waals surface area contributed by atoms with Gasteiger partial charge in [-0.1, -0.05) is 263 Å². The number of rotatable bonds is 55. The predicted octanol–water partition coefficient (Wildman–Crippen LogP) is 19.9. The van der Waals surface area contributed by atoms with Crippen LogP contribution < -0.4 is 0 Å². The van der Waals surface area contributed by atoms with E-state index in [1.807, 2.05) is 0 Å². The summed E-state index contributed by atoms with van der Waals surface area (Å²) in [7, 11) is 0. The minimum atomic E-state index is -0.772. The van der Waals surface area contributed by atoms with Crippen molar-refractivity contribution in [2.75, 3.05) is 13.2 Å². The van der Waals surface area contributed by atoms with Gasteiger partial charge in [-0.15, -0.1) is 0 Å². The second kappa shape index (κ2) is 56.5. The minimum absolute atomic E-state index is 0.0707. The SMILES string of the molecule is CCCCCCCC/C=C\CCCCCCCC(=O)OC(COC(=O)CCCCCCCCCCC/C=C\CCCCCCCCCC)COC(=O)CCCCCCCCCCCCCCC. The van der Waals surface area contributed by atoms with Crippen LogP contribution >= 0.6 is 0 Å². The Kier molecular flexibility index (Phi) is 54.7. The van der Waals surface area contributed by atoms with Crippen LogP contribution in [0.15, 0.2) is 24.3 Å². The molecule has 6 nitrogen and oxygen atoms in total. The number of carbonyl (C=O) groups excluding carboxylic acids is 3. The maximum Gasteiger partial charge on any atom is 0.306 e. The first-order chi connectivity index (χ1) is 33.0. The molecule has 0 amide bonds. The summed E-state index contributed by atoms with van der Waals surface area (Å²) in [6.45, 7) is 6.67. The Morgan fingerprint density at radius 1 is 0.284 bits per heavy atom. The molecule has 0 radical (unpaired) electrons. The van der Waals surface area contributed by atoms with Crippen LogP contribution in [0.2, 0.25) is 0 Å². The average molecular weight is 944 g/mol. The molecule has 0 aliphatic carbocycles. The lowest BCUT2D eigenvalue weighted by molar-refractivity contribution is -0.167. The van der Waals surface area contributed by atoms with Crippen LogP contribution in [0.3, 0.4) is 0 Å². The molecule has 0 rings (SSSR count). The Hall–Kier alpha value is -2.11. The topological polar surface area (TPSA) is 78.9 Å². The molecule has 0 aliphatic heterocycles. The molecule has 67 heavy (non-hydrogen) atoms. The van der Waals surface area contributed by atoms with Gasteiger partial charge in [0.25, 0.3) is 0 Å². The van der Waals surface area contributed by atoms with Gasteiger partial charge in [0, 0.05) is 19.3 Å². The molecule has 0 bridgehead atoms. The standard InChI is InChI=1S/C61H114O6/c1-4-7-10-13-16-19-22-25-27-28-29-30-31-32-34-36-39-42-45-48-51-54-60(63)66-57-58(56-65-59(62)53-50-47-44-41-38-35-24-21-18-15-12-9-6-3)67-61(64)55-52-49-46-43-40-37-33-26-23-20-17-14-11-8-5-2/h26,28-29,33,58H,4-25,27,30-32,34-57H2,1-3H3/b29-28-,33-26-. The number of esters is 3. The summed E-state index contributed by atoms with van der Waals surface area (Å²) in [5.74, 6) is -0.861. The van der Waals surface area contributed by atoms with Gasteiger partial charge in [-0.05, 0) is 70.6 Å². The number of carbonyl (C=O) groups is 3. The number of hydrogen-bond donors (Lipinski definition) is 0. The molecule has 0 aromatic rings. The van der Waals surface area contributed by atoms with Crippen molar-refractivity contribution in [3.63, 3.8) is 0 Å². The number of unbranched alkanes of at least 4 members (excludes halogenated alkanes) is 40. The zero-order valence-electron chi connectivity index (χ0n) is 45.2. The zero-order chi connectivity index (χ0) is 48.6. The van der Waals surface area contributed by atoms with Crippen LogP contribution in [-0.2, 0) is 28.6 Å². The van der Waals surface area contributed by atoms with Crippen LogP contribution in [0.1, 0.15) is 329 Å². The van der Waals surface area contributed by atoms with Crippen LogP contribution in [0.4, 0.5) is 0 Å². The molecule has 0 N–H and O–H groups in total. The number of hydrogen-bond acceptors (Lipinski definition) is 6. The summed E-state index contributed by atoms with van der Waals surface area (Å²) in [5, 5.41) is 0. The summed E-state index contributed by atoms with van der Waals surface area (Å²) < 4.78 is 16.9. The third kappa shape index (κ3) is 54.7. The van der Waals surface area contributed by atoms with Crippen LogP contribution in [-0.4, -0.2) is 37.2 Å². The van der Waals surface area contributed by atoms with E-state index in [-0.39, 0.29) is 31.1 Å². The molecule has 0 heterocycles. The maximum atomic E-state index is 12.8. The fourth-order valence-corrected chi connectivity index (χ4v) is 8.91. The third-order valence-corrected chi connectivity index (χ3v) is 13.4. The molecule has 0 fully saturated rings. The van der Waals surface area contributed by atoms with Crippen molar-refractivity contribution in [2.45, 2.75) is 335 Å². The molecule has 0 aliphatic rings. The van der Waals surface area contributed by atoms with E-state index in [0.717, 1.165) is 64.2 Å². The smallest absolute Gasteiger partial charge is 0.306 e.